The average Bonchev–Trinajstić information content (AvgIpc) is 2.99. The number of hydrogen-bond donors (Lipinski definition) is 2. The van der Waals surface area contributed by atoms with Crippen molar-refractivity contribution in [2.45, 2.75) is 32.2 Å². The van der Waals surface area contributed by atoms with Gasteiger partial charge in [0.25, 0.3) is 0 Å². The van der Waals surface area contributed by atoms with Gasteiger partial charge in [0.05, 0.1) is 25.9 Å². The number of ether oxygens (including phenoxy) is 1. The van der Waals surface area contributed by atoms with Crippen molar-refractivity contribution in [3.05, 3.63) is 54.4 Å². The summed E-state index contributed by atoms with van der Waals surface area (Å²) in [5, 5.41) is 17.3. The predicted molar refractivity (Wildman–Crippen MR) is 81.8 cm³/mol. The van der Waals surface area contributed by atoms with E-state index < -0.39 is 6.10 Å². The highest BCUT2D eigenvalue weighted by molar-refractivity contribution is 5.13. The van der Waals surface area contributed by atoms with Gasteiger partial charge in [-0.25, -0.2) is 0 Å². The number of rotatable bonds is 9. The number of aliphatic hydroxyl groups is 1. The number of aromatic nitrogens is 2. The largest absolute Gasteiger partial charge is 0.389 e. The second-order valence-corrected chi connectivity index (χ2v) is 5.19. The standard InChI is InChI=1S/C16H23N3O2/c1-14(11-19-9-5-8-18-19)17-10-16(20)13-21-12-15-6-3-2-4-7-15/h2-9,14,16-17,20H,10-13H2,1H3. The summed E-state index contributed by atoms with van der Waals surface area (Å²) in [5.74, 6) is 0. The smallest absolute Gasteiger partial charge is 0.0897 e. The number of nitrogens with zero attached hydrogens (tertiary/aromatic N) is 2. The molecule has 0 radical (unpaired) electrons. The molecule has 0 saturated heterocycles. The molecule has 5 nitrogen and oxygen atoms in total. The Bertz CT molecular complexity index is 487. The number of aliphatic hydroxyl groups excluding tert-OH is 1. The SMILES string of the molecule is CC(Cn1cccn1)NCC(O)COCc1ccccc1. The van der Waals surface area contributed by atoms with Crippen LogP contribution in [0.15, 0.2) is 48.8 Å². The van der Waals surface area contributed by atoms with Crippen LogP contribution in [-0.4, -0.2) is 40.2 Å². The van der Waals surface area contributed by atoms with Gasteiger partial charge in [0.2, 0.25) is 0 Å². The van der Waals surface area contributed by atoms with Crippen LogP contribution < -0.4 is 5.32 Å². The third-order valence-electron chi connectivity index (χ3n) is 3.14. The van der Waals surface area contributed by atoms with E-state index in [1.807, 2.05) is 47.3 Å². The molecule has 2 aromatic rings. The molecular weight excluding hydrogens is 266 g/mol. The first-order valence-electron chi connectivity index (χ1n) is 7.24. The molecule has 0 saturated carbocycles. The van der Waals surface area contributed by atoms with E-state index in [1.165, 1.54) is 0 Å². The van der Waals surface area contributed by atoms with E-state index in [4.69, 9.17) is 4.74 Å². The molecule has 5 heteroatoms. The van der Waals surface area contributed by atoms with Crippen LogP contribution in [0, 0.1) is 0 Å². The second kappa shape index (κ2) is 8.56. The van der Waals surface area contributed by atoms with Crippen molar-refractivity contribution in [1.29, 1.82) is 0 Å². The normalized spacial score (nSPS) is 14.0. The maximum Gasteiger partial charge on any atom is 0.0897 e. The lowest BCUT2D eigenvalue weighted by molar-refractivity contribution is 0.0276. The van der Waals surface area contributed by atoms with Crippen LogP contribution in [0.3, 0.4) is 0 Å². The summed E-state index contributed by atoms with van der Waals surface area (Å²) in [6.07, 6.45) is 3.19. The van der Waals surface area contributed by atoms with Crippen LogP contribution in [0.1, 0.15) is 12.5 Å². The molecule has 1 heterocycles. The topological polar surface area (TPSA) is 59.3 Å². The third-order valence-corrected chi connectivity index (χ3v) is 3.14. The molecule has 0 fully saturated rings. The highest BCUT2D eigenvalue weighted by Crippen LogP contribution is 2.01. The zero-order chi connectivity index (χ0) is 14.9. The highest BCUT2D eigenvalue weighted by atomic mass is 16.5. The molecular formula is C16H23N3O2. The molecule has 114 valence electrons. The van der Waals surface area contributed by atoms with Crippen LogP contribution >= 0.6 is 0 Å². The van der Waals surface area contributed by atoms with Gasteiger partial charge < -0.3 is 15.2 Å². The maximum atomic E-state index is 9.89. The van der Waals surface area contributed by atoms with Gasteiger partial charge in [-0.05, 0) is 18.6 Å². The van der Waals surface area contributed by atoms with E-state index >= 15 is 0 Å². The van der Waals surface area contributed by atoms with Gasteiger partial charge in [-0.3, -0.25) is 4.68 Å². The first kappa shape index (κ1) is 15.7. The summed E-state index contributed by atoms with van der Waals surface area (Å²) in [4.78, 5) is 0. The Hall–Kier alpha value is -1.69. The van der Waals surface area contributed by atoms with Gasteiger partial charge in [-0.15, -0.1) is 0 Å². The fraction of sp³-hybridized carbons (Fsp3) is 0.438. The monoisotopic (exact) mass is 289 g/mol. The van der Waals surface area contributed by atoms with Crippen molar-refractivity contribution in [3.8, 4) is 0 Å². The third kappa shape index (κ3) is 6.08. The molecule has 1 aromatic carbocycles. The fourth-order valence-electron chi connectivity index (χ4n) is 2.04. The minimum absolute atomic E-state index is 0.244. The summed E-state index contributed by atoms with van der Waals surface area (Å²) < 4.78 is 7.38. The van der Waals surface area contributed by atoms with Crippen LogP contribution in [0.25, 0.3) is 0 Å². The summed E-state index contributed by atoms with van der Waals surface area (Å²) in [7, 11) is 0. The quantitative estimate of drug-likeness (QED) is 0.733. The van der Waals surface area contributed by atoms with Crippen molar-refractivity contribution in [1.82, 2.24) is 15.1 Å². The zero-order valence-corrected chi connectivity index (χ0v) is 12.4. The number of benzene rings is 1. The van der Waals surface area contributed by atoms with Crippen LogP contribution in [0.4, 0.5) is 0 Å². The Kier molecular flexibility index (Phi) is 6.40. The fourth-order valence-corrected chi connectivity index (χ4v) is 2.04. The predicted octanol–water partition coefficient (Wildman–Crippen LogP) is 1.44. The van der Waals surface area contributed by atoms with Crippen LogP contribution in [0.2, 0.25) is 0 Å². The van der Waals surface area contributed by atoms with Gasteiger partial charge in [0, 0.05) is 25.0 Å². The lowest BCUT2D eigenvalue weighted by atomic mass is 10.2. The Balaban J connectivity index is 1.58. The van der Waals surface area contributed by atoms with E-state index in [1.54, 1.807) is 6.20 Å². The first-order chi connectivity index (χ1) is 10.2. The molecule has 0 aliphatic carbocycles. The van der Waals surface area contributed by atoms with Gasteiger partial charge in [-0.1, -0.05) is 30.3 Å². The van der Waals surface area contributed by atoms with Crippen molar-refractivity contribution < 1.29 is 9.84 Å². The van der Waals surface area contributed by atoms with E-state index in [0.717, 1.165) is 12.1 Å². The lowest BCUT2D eigenvalue weighted by Gasteiger charge is -2.17. The summed E-state index contributed by atoms with van der Waals surface area (Å²) in [6.45, 7) is 4.22. The molecule has 2 rings (SSSR count). The second-order valence-electron chi connectivity index (χ2n) is 5.19. The molecule has 2 N–H and O–H groups in total. The van der Waals surface area contributed by atoms with Crippen LogP contribution in [-0.2, 0) is 17.9 Å². The van der Waals surface area contributed by atoms with E-state index in [9.17, 15) is 5.11 Å². The molecule has 0 aliphatic rings. The summed E-state index contributed by atoms with van der Waals surface area (Å²) in [5.41, 5.74) is 1.12. The first-order valence-corrected chi connectivity index (χ1v) is 7.24. The van der Waals surface area contributed by atoms with Crippen molar-refractivity contribution >= 4 is 0 Å². The van der Waals surface area contributed by atoms with E-state index in [0.29, 0.717) is 19.8 Å². The van der Waals surface area contributed by atoms with Gasteiger partial charge in [0.15, 0.2) is 0 Å². The van der Waals surface area contributed by atoms with E-state index in [2.05, 4.69) is 17.3 Å². The maximum absolute atomic E-state index is 9.89. The van der Waals surface area contributed by atoms with Gasteiger partial charge in [0.1, 0.15) is 0 Å². The molecule has 0 aliphatic heterocycles. The Morgan fingerprint density at radius 3 is 2.81 bits per heavy atom. The summed E-state index contributed by atoms with van der Waals surface area (Å²) in [6, 6.07) is 12.1. The Morgan fingerprint density at radius 1 is 1.29 bits per heavy atom. The molecule has 0 amide bonds. The minimum atomic E-state index is -0.506. The van der Waals surface area contributed by atoms with Crippen molar-refractivity contribution in [3.63, 3.8) is 0 Å². The molecule has 1 aromatic heterocycles. The minimum Gasteiger partial charge on any atom is -0.389 e. The van der Waals surface area contributed by atoms with Gasteiger partial charge in [-0.2, -0.15) is 5.10 Å². The highest BCUT2D eigenvalue weighted by Gasteiger charge is 2.08. The summed E-state index contributed by atoms with van der Waals surface area (Å²) >= 11 is 0. The lowest BCUT2D eigenvalue weighted by Crippen LogP contribution is -2.38. The average molecular weight is 289 g/mol. The van der Waals surface area contributed by atoms with Crippen molar-refractivity contribution in [2.75, 3.05) is 13.2 Å². The van der Waals surface area contributed by atoms with Crippen molar-refractivity contribution in [2.24, 2.45) is 0 Å². The van der Waals surface area contributed by atoms with Crippen LogP contribution in [0.5, 0.6) is 0 Å². The Morgan fingerprint density at radius 2 is 2.10 bits per heavy atom. The zero-order valence-electron chi connectivity index (χ0n) is 12.4. The van der Waals surface area contributed by atoms with E-state index in [-0.39, 0.29) is 6.04 Å². The molecule has 2 atom stereocenters. The van der Waals surface area contributed by atoms with Gasteiger partial charge >= 0.3 is 0 Å². The molecule has 21 heavy (non-hydrogen) atoms. The number of nitrogens with one attached hydrogen (secondary N) is 1. The molecule has 0 bridgehead atoms. The Labute approximate surface area is 125 Å². The number of hydrogen-bond acceptors (Lipinski definition) is 4. The molecule has 0 spiro atoms. The molecule has 2 unspecified atom stereocenters.